The molecule has 0 aliphatic rings. The van der Waals surface area contributed by atoms with E-state index in [1.807, 2.05) is 6.92 Å². The number of aromatic nitrogens is 2. The quantitative estimate of drug-likeness (QED) is 0.874. The molecule has 0 unspecified atom stereocenters. The number of anilines is 1. The standard InChI is InChI=1S/C10H11Cl2N3O2S2/c1-2-3-6-4-9(14-13-6)15-19(16,17)7-5-8(11)18-10(7)12/h4-5H,2-3H2,1H3,(H2,13,14,15). The van der Waals surface area contributed by atoms with Crippen molar-refractivity contribution in [3.8, 4) is 0 Å². The lowest BCUT2D eigenvalue weighted by molar-refractivity contribution is 0.601. The normalized spacial score (nSPS) is 11.7. The average molecular weight is 340 g/mol. The summed E-state index contributed by atoms with van der Waals surface area (Å²) >= 11 is 12.6. The van der Waals surface area contributed by atoms with Crippen molar-refractivity contribution < 1.29 is 8.42 Å². The Hall–Kier alpha value is -0.760. The second-order valence-electron chi connectivity index (χ2n) is 3.82. The fraction of sp³-hybridized carbons (Fsp3) is 0.300. The summed E-state index contributed by atoms with van der Waals surface area (Å²) in [6.45, 7) is 2.03. The monoisotopic (exact) mass is 339 g/mol. The van der Waals surface area contributed by atoms with Gasteiger partial charge in [-0.25, -0.2) is 8.42 Å². The van der Waals surface area contributed by atoms with Crippen LogP contribution in [0.2, 0.25) is 8.67 Å². The Labute approximate surface area is 125 Å². The van der Waals surface area contributed by atoms with Gasteiger partial charge in [0.1, 0.15) is 9.23 Å². The maximum Gasteiger partial charge on any atom is 0.265 e. The molecule has 0 aromatic carbocycles. The van der Waals surface area contributed by atoms with Crippen LogP contribution in [-0.4, -0.2) is 18.6 Å². The number of sulfonamides is 1. The third-order valence-corrected chi connectivity index (χ3v) is 5.41. The molecule has 0 spiro atoms. The molecule has 104 valence electrons. The third kappa shape index (κ3) is 3.42. The molecule has 0 aliphatic carbocycles. The van der Waals surface area contributed by atoms with Gasteiger partial charge in [-0.15, -0.1) is 11.3 Å². The number of rotatable bonds is 5. The summed E-state index contributed by atoms with van der Waals surface area (Å²) in [6.07, 6.45) is 1.75. The summed E-state index contributed by atoms with van der Waals surface area (Å²) in [5.41, 5.74) is 0.870. The largest absolute Gasteiger partial charge is 0.280 e. The smallest absolute Gasteiger partial charge is 0.265 e. The number of hydrogen-bond acceptors (Lipinski definition) is 4. The van der Waals surface area contributed by atoms with Gasteiger partial charge >= 0.3 is 0 Å². The van der Waals surface area contributed by atoms with Crippen LogP contribution in [-0.2, 0) is 16.4 Å². The lowest BCUT2D eigenvalue weighted by Gasteiger charge is -2.02. The van der Waals surface area contributed by atoms with Crippen molar-refractivity contribution >= 4 is 50.4 Å². The van der Waals surface area contributed by atoms with E-state index in [1.165, 1.54) is 6.07 Å². The van der Waals surface area contributed by atoms with Crippen molar-refractivity contribution in [1.82, 2.24) is 10.2 Å². The molecule has 0 amide bonds. The molecule has 19 heavy (non-hydrogen) atoms. The molecule has 0 radical (unpaired) electrons. The van der Waals surface area contributed by atoms with E-state index in [9.17, 15) is 8.42 Å². The van der Waals surface area contributed by atoms with Gasteiger partial charge in [0.2, 0.25) is 0 Å². The highest BCUT2D eigenvalue weighted by Gasteiger charge is 2.22. The zero-order chi connectivity index (χ0) is 14.0. The first-order valence-electron chi connectivity index (χ1n) is 5.44. The molecule has 2 aromatic rings. The van der Waals surface area contributed by atoms with Crippen molar-refractivity contribution in [3.05, 3.63) is 26.5 Å². The molecule has 0 bridgehead atoms. The minimum Gasteiger partial charge on any atom is -0.280 e. The number of hydrogen-bond donors (Lipinski definition) is 2. The van der Waals surface area contributed by atoms with E-state index in [0.717, 1.165) is 29.9 Å². The molecule has 0 aliphatic heterocycles. The van der Waals surface area contributed by atoms with E-state index < -0.39 is 10.0 Å². The molecule has 5 nitrogen and oxygen atoms in total. The van der Waals surface area contributed by atoms with Crippen molar-refractivity contribution in [1.29, 1.82) is 0 Å². The number of halogens is 2. The van der Waals surface area contributed by atoms with Crippen LogP contribution in [0.15, 0.2) is 17.0 Å². The minimum absolute atomic E-state index is 0.0378. The molecule has 9 heteroatoms. The number of thiophene rings is 1. The van der Waals surface area contributed by atoms with Crippen LogP contribution in [0.3, 0.4) is 0 Å². The van der Waals surface area contributed by atoms with E-state index in [2.05, 4.69) is 14.9 Å². The van der Waals surface area contributed by atoms with E-state index in [1.54, 1.807) is 6.07 Å². The summed E-state index contributed by atoms with van der Waals surface area (Å²) in [6, 6.07) is 2.97. The Morgan fingerprint density at radius 1 is 1.42 bits per heavy atom. The van der Waals surface area contributed by atoms with E-state index in [0.29, 0.717) is 4.34 Å². The van der Waals surface area contributed by atoms with Crippen LogP contribution in [0.25, 0.3) is 0 Å². The zero-order valence-corrected chi connectivity index (χ0v) is 13.0. The third-order valence-electron chi connectivity index (χ3n) is 2.30. The fourth-order valence-corrected chi connectivity index (χ4v) is 4.66. The number of aromatic amines is 1. The molecule has 2 rings (SSSR count). The van der Waals surface area contributed by atoms with Gasteiger partial charge in [0.05, 0.1) is 4.34 Å². The van der Waals surface area contributed by atoms with Gasteiger partial charge in [0.25, 0.3) is 10.0 Å². The van der Waals surface area contributed by atoms with Crippen molar-refractivity contribution in [2.45, 2.75) is 24.7 Å². The van der Waals surface area contributed by atoms with E-state index in [4.69, 9.17) is 23.2 Å². The highest BCUT2D eigenvalue weighted by Crippen LogP contribution is 2.34. The van der Waals surface area contributed by atoms with Crippen LogP contribution < -0.4 is 4.72 Å². The number of nitrogens with zero attached hydrogens (tertiary/aromatic N) is 1. The Morgan fingerprint density at radius 3 is 2.74 bits per heavy atom. The van der Waals surface area contributed by atoms with Crippen LogP contribution in [0.1, 0.15) is 19.0 Å². The van der Waals surface area contributed by atoms with Gasteiger partial charge in [0.15, 0.2) is 5.82 Å². The van der Waals surface area contributed by atoms with Gasteiger partial charge < -0.3 is 0 Å². The topological polar surface area (TPSA) is 74.8 Å². The second kappa shape index (κ2) is 5.70. The van der Waals surface area contributed by atoms with Gasteiger partial charge in [-0.2, -0.15) is 5.10 Å². The molecule has 0 saturated heterocycles. The highest BCUT2D eigenvalue weighted by atomic mass is 35.5. The van der Waals surface area contributed by atoms with E-state index in [-0.39, 0.29) is 15.0 Å². The van der Waals surface area contributed by atoms with Crippen molar-refractivity contribution in [3.63, 3.8) is 0 Å². The maximum atomic E-state index is 12.1. The van der Waals surface area contributed by atoms with Gasteiger partial charge in [0, 0.05) is 11.8 Å². The molecule has 0 saturated carbocycles. The molecule has 2 heterocycles. The Balaban J connectivity index is 2.23. The summed E-state index contributed by atoms with van der Waals surface area (Å²) in [7, 11) is -3.76. The SMILES string of the molecule is CCCc1cc(NS(=O)(=O)c2cc(Cl)sc2Cl)n[nH]1. The molecular formula is C10H11Cl2N3O2S2. The molecule has 0 atom stereocenters. The Kier molecular flexibility index (Phi) is 4.39. The number of H-pyrrole nitrogens is 1. The predicted molar refractivity (Wildman–Crippen MR) is 77.7 cm³/mol. The lowest BCUT2D eigenvalue weighted by Crippen LogP contribution is -2.12. The van der Waals surface area contributed by atoms with Crippen LogP contribution in [0.5, 0.6) is 0 Å². The summed E-state index contributed by atoms with van der Waals surface area (Å²) in [5, 5.41) is 6.66. The molecular weight excluding hydrogens is 329 g/mol. The minimum atomic E-state index is -3.76. The van der Waals surface area contributed by atoms with Crippen LogP contribution in [0, 0.1) is 0 Å². The van der Waals surface area contributed by atoms with Crippen molar-refractivity contribution in [2.24, 2.45) is 0 Å². The number of aryl methyl sites for hydroxylation is 1. The highest BCUT2D eigenvalue weighted by molar-refractivity contribution is 7.93. The molecule has 2 N–H and O–H groups in total. The first-order valence-corrected chi connectivity index (χ1v) is 8.50. The summed E-state index contributed by atoms with van der Waals surface area (Å²) < 4.78 is 27.0. The summed E-state index contributed by atoms with van der Waals surface area (Å²) in [4.78, 5) is -0.0378. The van der Waals surface area contributed by atoms with Crippen molar-refractivity contribution in [2.75, 3.05) is 4.72 Å². The predicted octanol–water partition coefficient (Wildman–Crippen LogP) is 3.53. The molecule has 2 aromatic heterocycles. The van der Waals surface area contributed by atoms with Crippen LogP contribution >= 0.6 is 34.5 Å². The lowest BCUT2D eigenvalue weighted by atomic mass is 10.2. The number of nitrogens with one attached hydrogen (secondary N) is 2. The second-order valence-corrected chi connectivity index (χ2v) is 7.76. The van der Waals surface area contributed by atoms with Gasteiger partial charge in [-0.1, -0.05) is 36.5 Å². The first-order chi connectivity index (χ1) is 8.92. The fourth-order valence-electron chi connectivity index (χ4n) is 1.51. The van der Waals surface area contributed by atoms with Crippen LogP contribution in [0.4, 0.5) is 5.82 Å². The molecule has 0 fully saturated rings. The van der Waals surface area contributed by atoms with E-state index >= 15 is 0 Å². The summed E-state index contributed by atoms with van der Waals surface area (Å²) in [5.74, 6) is 0.238. The Morgan fingerprint density at radius 2 is 2.16 bits per heavy atom. The maximum absolute atomic E-state index is 12.1. The van der Waals surface area contributed by atoms with Gasteiger partial charge in [-0.3, -0.25) is 9.82 Å². The Bertz CT molecular complexity index is 679. The van der Waals surface area contributed by atoms with Gasteiger partial charge in [-0.05, 0) is 12.5 Å². The zero-order valence-electron chi connectivity index (χ0n) is 9.91. The first kappa shape index (κ1) is 14.6. The average Bonchev–Trinajstić information content (AvgIpc) is 2.86.